The van der Waals surface area contributed by atoms with Gasteiger partial charge in [0.05, 0.1) is 17.1 Å². The fraction of sp³-hybridized carbons (Fsp3) is 0.533. The summed E-state index contributed by atoms with van der Waals surface area (Å²) in [4.78, 5) is 8.34. The van der Waals surface area contributed by atoms with Crippen LogP contribution in [0.5, 0.6) is 0 Å². The summed E-state index contributed by atoms with van der Waals surface area (Å²) in [5.74, 6) is 1.05. The van der Waals surface area contributed by atoms with Crippen molar-refractivity contribution >= 4 is 32.8 Å². The van der Waals surface area contributed by atoms with Crippen LogP contribution in [0.15, 0.2) is 10.9 Å². The summed E-state index contributed by atoms with van der Waals surface area (Å²) in [5.41, 5.74) is 7.04. The molecule has 7 heteroatoms. The number of ether oxygens (including phenoxy) is 1. The van der Waals surface area contributed by atoms with E-state index in [9.17, 15) is 5.26 Å². The third kappa shape index (κ3) is 2.02. The fourth-order valence-electron chi connectivity index (χ4n) is 3.25. The van der Waals surface area contributed by atoms with Crippen LogP contribution in [-0.4, -0.2) is 20.6 Å². The van der Waals surface area contributed by atoms with Gasteiger partial charge in [0.15, 0.2) is 0 Å². The predicted molar refractivity (Wildman–Crippen MR) is 86.9 cm³/mol. The summed E-state index contributed by atoms with van der Waals surface area (Å²) in [6, 6.07) is 2.19. The summed E-state index contributed by atoms with van der Waals surface area (Å²) in [6.07, 6.45) is 2.41. The number of hydrogen-bond acceptors (Lipinski definition) is 5. The van der Waals surface area contributed by atoms with Gasteiger partial charge in [-0.05, 0) is 28.3 Å². The number of nitrogens with zero attached hydrogens (tertiary/aromatic N) is 4. The van der Waals surface area contributed by atoms with Gasteiger partial charge >= 0.3 is 0 Å². The molecule has 0 radical (unpaired) electrons. The second-order valence-electron chi connectivity index (χ2n) is 5.80. The maximum Gasteiger partial charge on any atom is 0.149 e. The summed E-state index contributed by atoms with van der Waals surface area (Å²) >= 11 is 3.53. The third-order valence-electron chi connectivity index (χ3n) is 4.70. The van der Waals surface area contributed by atoms with E-state index in [4.69, 9.17) is 10.5 Å². The van der Waals surface area contributed by atoms with Crippen LogP contribution >= 0.6 is 15.9 Å². The molecule has 2 N–H and O–H groups in total. The number of nitriles is 1. The first-order valence-corrected chi connectivity index (χ1v) is 8.15. The molecule has 2 aromatic rings. The van der Waals surface area contributed by atoms with Crippen molar-refractivity contribution in [1.29, 1.82) is 5.26 Å². The number of anilines is 1. The first-order chi connectivity index (χ1) is 10.5. The van der Waals surface area contributed by atoms with Gasteiger partial charge < -0.3 is 10.5 Å². The van der Waals surface area contributed by atoms with Crippen LogP contribution in [-0.2, 0) is 4.74 Å². The number of fused-ring (bicyclic) bond motifs is 1. The van der Waals surface area contributed by atoms with Gasteiger partial charge in [-0.3, -0.25) is 4.57 Å². The minimum atomic E-state index is -0.173. The van der Waals surface area contributed by atoms with Gasteiger partial charge in [0.25, 0.3) is 0 Å². The van der Waals surface area contributed by atoms with E-state index >= 15 is 0 Å². The quantitative estimate of drug-likeness (QED) is 0.884. The lowest BCUT2D eigenvalue weighted by Gasteiger charge is -2.20. The van der Waals surface area contributed by atoms with Crippen molar-refractivity contribution in [1.82, 2.24) is 14.5 Å². The number of nitrogens with two attached hydrogens (primary N) is 1. The minimum Gasteiger partial charge on any atom is -0.383 e. The lowest BCUT2D eigenvalue weighted by molar-refractivity contribution is -0.0128. The molecule has 2 unspecified atom stereocenters. The average molecular weight is 364 g/mol. The molecule has 6 nitrogen and oxygen atoms in total. The molecule has 2 aromatic heterocycles. The van der Waals surface area contributed by atoms with Crippen molar-refractivity contribution in [2.24, 2.45) is 11.8 Å². The zero-order valence-electron chi connectivity index (χ0n) is 12.7. The molecule has 0 bridgehead atoms. The minimum absolute atomic E-state index is 0.173. The Balaban J connectivity index is 2.23. The van der Waals surface area contributed by atoms with E-state index in [0.717, 1.165) is 6.42 Å². The molecule has 0 amide bonds. The molecule has 0 spiro atoms. The van der Waals surface area contributed by atoms with Gasteiger partial charge in [-0.2, -0.15) is 5.26 Å². The summed E-state index contributed by atoms with van der Waals surface area (Å²) in [5, 5.41) is 10.1. The Morgan fingerprint density at radius 3 is 2.73 bits per heavy atom. The topological polar surface area (TPSA) is 89.8 Å². The highest BCUT2D eigenvalue weighted by molar-refractivity contribution is 9.10. The molecule has 0 aromatic carbocycles. The van der Waals surface area contributed by atoms with Gasteiger partial charge in [0.2, 0.25) is 0 Å². The first kappa shape index (κ1) is 15.3. The Hall–Kier alpha value is -1.65. The molecular weight excluding hydrogens is 346 g/mol. The van der Waals surface area contributed by atoms with Crippen molar-refractivity contribution in [2.45, 2.75) is 39.5 Å². The largest absolute Gasteiger partial charge is 0.383 e. The Bertz CT molecular complexity index is 765. The molecular formula is C15H18BrN5O. The number of halogens is 1. The van der Waals surface area contributed by atoms with Gasteiger partial charge in [-0.1, -0.05) is 20.8 Å². The molecule has 0 saturated carbocycles. The van der Waals surface area contributed by atoms with Crippen LogP contribution in [0.25, 0.3) is 11.0 Å². The smallest absolute Gasteiger partial charge is 0.149 e. The Morgan fingerprint density at radius 1 is 1.41 bits per heavy atom. The number of aromatic nitrogens is 3. The van der Waals surface area contributed by atoms with Crippen molar-refractivity contribution < 1.29 is 4.74 Å². The highest BCUT2D eigenvalue weighted by Crippen LogP contribution is 2.44. The van der Waals surface area contributed by atoms with Crippen LogP contribution in [0.2, 0.25) is 0 Å². The maximum absolute atomic E-state index is 9.47. The molecule has 1 saturated heterocycles. The Labute approximate surface area is 137 Å². The van der Waals surface area contributed by atoms with E-state index < -0.39 is 0 Å². The molecule has 116 valence electrons. The normalized spacial score (nSPS) is 28.1. The van der Waals surface area contributed by atoms with E-state index in [1.807, 2.05) is 4.57 Å². The van der Waals surface area contributed by atoms with Crippen LogP contribution in [0.4, 0.5) is 5.82 Å². The Morgan fingerprint density at radius 2 is 2.14 bits per heavy atom. The molecule has 3 rings (SSSR count). The lowest BCUT2D eigenvalue weighted by atomic mass is 9.91. The summed E-state index contributed by atoms with van der Waals surface area (Å²) < 4.78 is 8.81. The van der Waals surface area contributed by atoms with Crippen LogP contribution < -0.4 is 5.73 Å². The zero-order valence-corrected chi connectivity index (χ0v) is 14.3. The highest BCUT2D eigenvalue weighted by atomic mass is 79.9. The summed E-state index contributed by atoms with van der Waals surface area (Å²) in [7, 11) is 0. The van der Waals surface area contributed by atoms with Gasteiger partial charge in [0, 0.05) is 5.92 Å². The van der Waals surface area contributed by atoms with Crippen molar-refractivity contribution in [3.8, 4) is 6.07 Å². The van der Waals surface area contributed by atoms with E-state index in [-0.39, 0.29) is 12.3 Å². The first-order valence-electron chi connectivity index (χ1n) is 7.36. The average Bonchev–Trinajstić information content (AvgIpc) is 2.95. The van der Waals surface area contributed by atoms with E-state index in [1.54, 1.807) is 0 Å². The fourth-order valence-corrected chi connectivity index (χ4v) is 3.91. The van der Waals surface area contributed by atoms with Gasteiger partial charge in [0.1, 0.15) is 34.7 Å². The highest BCUT2D eigenvalue weighted by Gasteiger charge is 2.41. The van der Waals surface area contributed by atoms with Crippen LogP contribution in [0.3, 0.4) is 0 Å². The number of nitrogen functional groups attached to an aromatic ring is 1. The standard InChI is InChI=1S/C15H18BrN5O/c1-4-10-7(2)8(3)15(22-10)21-12(16)9(5-17)11-13(18)19-6-20-14(11)21/h6-8,10,15H,4H2,1-3H3,(H2,18,19,20)/t7?,8?,10-,15-/m1/s1. The molecule has 4 atom stereocenters. The number of hydrogen-bond donors (Lipinski definition) is 1. The molecule has 3 heterocycles. The van der Waals surface area contributed by atoms with E-state index in [1.165, 1.54) is 6.33 Å². The zero-order chi connectivity index (χ0) is 16.0. The molecule has 22 heavy (non-hydrogen) atoms. The third-order valence-corrected chi connectivity index (χ3v) is 5.48. The predicted octanol–water partition coefficient (Wildman–Crippen LogP) is 3.23. The Kier molecular flexibility index (Phi) is 3.83. The second kappa shape index (κ2) is 5.52. The summed E-state index contributed by atoms with van der Waals surface area (Å²) in [6.45, 7) is 6.49. The van der Waals surface area contributed by atoms with Gasteiger partial charge in [-0.25, -0.2) is 9.97 Å². The molecule has 1 aliphatic heterocycles. The monoisotopic (exact) mass is 363 g/mol. The second-order valence-corrected chi connectivity index (χ2v) is 6.55. The van der Waals surface area contributed by atoms with Crippen molar-refractivity contribution in [3.63, 3.8) is 0 Å². The van der Waals surface area contributed by atoms with Crippen molar-refractivity contribution in [2.75, 3.05) is 5.73 Å². The van der Waals surface area contributed by atoms with E-state index in [0.29, 0.717) is 38.9 Å². The van der Waals surface area contributed by atoms with E-state index in [2.05, 4.69) is 52.7 Å². The molecule has 0 aliphatic carbocycles. The van der Waals surface area contributed by atoms with Crippen molar-refractivity contribution in [3.05, 3.63) is 16.5 Å². The SMILES string of the molecule is CC[C@H]1O[C@@H](n2c(Br)c(C#N)c3c(N)ncnc32)C(C)C1C. The number of rotatable bonds is 2. The maximum atomic E-state index is 9.47. The lowest BCUT2D eigenvalue weighted by Crippen LogP contribution is -2.16. The molecule has 1 fully saturated rings. The molecule has 1 aliphatic rings. The van der Waals surface area contributed by atoms with Gasteiger partial charge in [-0.15, -0.1) is 0 Å². The van der Waals surface area contributed by atoms with Crippen LogP contribution in [0.1, 0.15) is 39.0 Å². The van der Waals surface area contributed by atoms with Crippen LogP contribution in [0, 0.1) is 23.2 Å².